The molecule has 0 saturated heterocycles. The fourth-order valence-electron chi connectivity index (χ4n) is 1.56. The van der Waals surface area contributed by atoms with E-state index in [1.165, 1.54) is 25.4 Å². The highest BCUT2D eigenvalue weighted by Gasteiger charge is 1.98. The van der Waals surface area contributed by atoms with Gasteiger partial charge in [0.05, 0.1) is 0 Å². The van der Waals surface area contributed by atoms with Gasteiger partial charge < -0.3 is 0 Å². The van der Waals surface area contributed by atoms with E-state index in [0.29, 0.717) is 0 Å². The first-order valence-corrected chi connectivity index (χ1v) is 6.95. The van der Waals surface area contributed by atoms with Crippen LogP contribution in [0.2, 0.25) is 0 Å². The summed E-state index contributed by atoms with van der Waals surface area (Å²) in [7, 11) is 0. The summed E-state index contributed by atoms with van der Waals surface area (Å²) in [5.41, 5.74) is 1.30. The van der Waals surface area contributed by atoms with E-state index < -0.39 is 0 Å². The monoisotopic (exact) mass is 234 g/mol. The van der Waals surface area contributed by atoms with Gasteiger partial charge in [-0.15, -0.1) is 23.1 Å². The van der Waals surface area contributed by atoms with Gasteiger partial charge in [-0.2, -0.15) is 0 Å². The summed E-state index contributed by atoms with van der Waals surface area (Å²) in [6.45, 7) is 4.31. The van der Waals surface area contributed by atoms with Crippen molar-refractivity contribution in [3.63, 3.8) is 0 Å². The van der Waals surface area contributed by atoms with Crippen molar-refractivity contribution in [3.05, 3.63) is 39.6 Å². The average Bonchev–Trinajstić information content (AvgIpc) is 2.57. The van der Waals surface area contributed by atoms with Crippen molar-refractivity contribution in [2.24, 2.45) is 0 Å². The Hall–Kier alpha value is -0.730. The molecular weight excluding hydrogens is 220 g/mol. The lowest BCUT2D eigenvalue weighted by atomic mass is 10.1. The molecule has 1 aromatic carbocycles. The van der Waals surface area contributed by atoms with Crippen LogP contribution in [-0.2, 0) is 0 Å². The molecule has 2 rings (SSSR count). The number of thiophene rings is 1. The average molecular weight is 234 g/mol. The number of aryl methyl sites for hydroxylation is 1. The van der Waals surface area contributed by atoms with Crippen molar-refractivity contribution in [1.29, 1.82) is 0 Å². The Morgan fingerprint density at radius 2 is 2.13 bits per heavy atom. The Morgan fingerprint density at radius 1 is 1.33 bits per heavy atom. The Bertz CT molecular complexity index is 506. The molecule has 0 N–H and O–H groups in total. The molecule has 0 bridgehead atoms. The molecule has 0 nitrogen and oxygen atoms in total. The zero-order chi connectivity index (χ0) is 10.8. The molecule has 0 unspecified atom stereocenters. The SMILES string of the molecule is CS/C(C)=C\c1ccc2cc(C)sc2c1. The van der Waals surface area contributed by atoms with Crippen molar-refractivity contribution in [1.82, 2.24) is 0 Å². The Labute approximate surface area is 99.0 Å². The summed E-state index contributed by atoms with van der Waals surface area (Å²) >= 11 is 3.66. The molecule has 0 fully saturated rings. The summed E-state index contributed by atoms with van der Waals surface area (Å²) in [6, 6.07) is 8.91. The quantitative estimate of drug-likeness (QED) is 0.709. The van der Waals surface area contributed by atoms with Crippen LogP contribution in [0.25, 0.3) is 16.2 Å². The lowest BCUT2D eigenvalue weighted by molar-refractivity contribution is 1.65. The van der Waals surface area contributed by atoms with Gasteiger partial charge in [-0.05, 0) is 54.2 Å². The summed E-state index contributed by atoms with van der Waals surface area (Å²) < 4.78 is 1.38. The molecule has 2 heteroatoms. The number of benzene rings is 1. The zero-order valence-corrected chi connectivity index (χ0v) is 10.8. The molecule has 0 atom stereocenters. The molecule has 2 aromatic rings. The topological polar surface area (TPSA) is 0 Å². The van der Waals surface area contributed by atoms with E-state index in [1.54, 1.807) is 11.8 Å². The van der Waals surface area contributed by atoms with E-state index in [4.69, 9.17) is 0 Å². The van der Waals surface area contributed by atoms with Gasteiger partial charge in [0.15, 0.2) is 0 Å². The minimum Gasteiger partial charge on any atom is -0.141 e. The van der Waals surface area contributed by atoms with Gasteiger partial charge >= 0.3 is 0 Å². The molecular formula is C13H14S2. The maximum Gasteiger partial charge on any atom is 0.0351 e. The number of hydrogen-bond acceptors (Lipinski definition) is 2. The van der Waals surface area contributed by atoms with Crippen molar-refractivity contribution >= 4 is 39.3 Å². The standard InChI is InChI=1S/C13H14S2/c1-9(14-3)6-11-4-5-12-7-10(2)15-13(12)8-11/h4-8H,1-3H3/b9-6-. The summed E-state index contributed by atoms with van der Waals surface area (Å²) in [4.78, 5) is 2.73. The van der Waals surface area contributed by atoms with Crippen LogP contribution in [0.5, 0.6) is 0 Å². The lowest BCUT2D eigenvalue weighted by Crippen LogP contribution is -1.72. The smallest absolute Gasteiger partial charge is 0.0351 e. The van der Waals surface area contributed by atoms with Gasteiger partial charge in [0.2, 0.25) is 0 Å². The second-order valence-electron chi connectivity index (χ2n) is 3.61. The molecule has 0 aliphatic rings. The third-order valence-corrected chi connectivity index (χ3v) is 4.13. The lowest BCUT2D eigenvalue weighted by Gasteiger charge is -1.97. The number of fused-ring (bicyclic) bond motifs is 1. The molecule has 78 valence electrons. The highest BCUT2D eigenvalue weighted by atomic mass is 32.2. The van der Waals surface area contributed by atoms with E-state index in [0.717, 1.165) is 0 Å². The van der Waals surface area contributed by atoms with Gasteiger partial charge in [-0.25, -0.2) is 0 Å². The van der Waals surface area contributed by atoms with Crippen molar-refractivity contribution in [3.8, 4) is 0 Å². The third-order valence-electron chi connectivity index (χ3n) is 2.36. The summed E-state index contributed by atoms with van der Waals surface area (Å²) in [5, 5.41) is 1.36. The number of rotatable bonds is 2. The highest BCUT2D eigenvalue weighted by molar-refractivity contribution is 8.02. The largest absolute Gasteiger partial charge is 0.141 e. The minimum atomic E-state index is 1.30. The molecule has 0 amide bonds. The van der Waals surface area contributed by atoms with E-state index >= 15 is 0 Å². The van der Waals surface area contributed by atoms with Crippen LogP contribution in [0.3, 0.4) is 0 Å². The third kappa shape index (κ3) is 2.44. The van der Waals surface area contributed by atoms with Gasteiger partial charge in [0.1, 0.15) is 0 Å². The van der Waals surface area contributed by atoms with Crippen LogP contribution in [0, 0.1) is 6.92 Å². The predicted octanol–water partition coefficient (Wildman–Crippen LogP) is 4.93. The zero-order valence-electron chi connectivity index (χ0n) is 9.20. The van der Waals surface area contributed by atoms with E-state index in [2.05, 4.69) is 50.4 Å². The van der Waals surface area contributed by atoms with Crippen molar-refractivity contribution < 1.29 is 0 Å². The summed E-state index contributed by atoms with van der Waals surface area (Å²) in [6.07, 6.45) is 4.35. The molecule has 1 aromatic heterocycles. The molecule has 15 heavy (non-hydrogen) atoms. The van der Waals surface area contributed by atoms with Gasteiger partial charge in [-0.1, -0.05) is 12.1 Å². The fourth-order valence-corrected chi connectivity index (χ4v) is 2.79. The van der Waals surface area contributed by atoms with Crippen LogP contribution in [0.4, 0.5) is 0 Å². The van der Waals surface area contributed by atoms with Crippen LogP contribution in [0.1, 0.15) is 17.4 Å². The van der Waals surface area contributed by atoms with Crippen LogP contribution in [0.15, 0.2) is 29.2 Å². The first kappa shape index (κ1) is 10.8. The first-order valence-electron chi connectivity index (χ1n) is 4.91. The molecule has 0 saturated carbocycles. The number of hydrogen-bond donors (Lipinski definition) is 0. The predicted molar refractivity (Wildman–Crippen MR) is 73.7 cm³/mol. The van der Waals surface area contributed by atoms with Gasteiger partial charge in [0.25, 0.3) is 0 Å². The maximum absolute atomic E-state index is 2.27. The van der Waals surface area contributed by atoms with Gasteiger partial charge in [-0.3, -0.25) is 0 Å². The van der Waals surface area contributed by atoms with Gasteiger partial charge in [0, 0.05) is 9.58 Å². The minimum absolute atomic E-state index is 1.30. The first-order chi connectivity index (χ1) is 7.19. The molecule has 0 spiro atoms. The van der Waals surface area contributed by atoms with Crippen LogP contribution in [-0.4, -0.2) is 6.26 Å². The molecule has 0 radical (unpaired) electrons. The van der Waals surface area contributed by atoms with Crippen molar-refractivity contribution in [2.45, 2.75) is 13.8 Å². The fraction of sp³-hybridized carbons (Fsp3) is 0.231. The Kier molecular flexibility index (Phi) is 3.17. The van der Waals surface area contributed by atoms with Crippen molar-refractivity contribution in [2.75, 3.05) is 6.26 Å². The normalized spacial score (nSPS) is 12.3. The molecule has 1 heterocycles. The molecule has 0 aliphatic heterocycles. The second kappa shape index (κ2) is 4.42. The highest BCUT2D eigenvalue weighted by Crippen LogP contribution is 2.27. The maximum atomic E-state index is 2.27. The Morgan fingerprint density at radius 3 is 2.87 bits per heavy atom. The van der Waals surface area contributed by atoms with E-state index in [-0.39, 0.29) is 0 Å². The van der Waals surface area contributed by atoms with E-state index in [1.807, 2.05) is 11.3 Å². The second-order valence-corrected chi connectivity index (χ2v) is 5.95. The summed E-state index contributed by atoms with van der Waals surface area (Å²) in [5.74, 6) is 0. The van der Waals surface area contributed by atoms with Crippen LogP contribution >= 0.6 is 23.1 Å². The van der Waals surface area contributed by atoms with E-state index in [9.17, 15) is 0 Å². The number of allylic oxidation sites excluding steroid dienone is 1. The number of thioether (sulfide) groups is 1. The van der Waals surface area contributed by atoms with Crippen LogP contribution < -0.4 is 0 Å². The Balaban J connectivity index is 2.46. The molecule has 0 aliphatic carbocycles.